The Morgan fingerprint density at radius 3 is 2.74 bits per heavy atom. The molecule has 0 saturated carbocycles. The lowest BCUT2D eigenvalue weighted by Gasteiger charge is -2.15. The summed E-state index contributed by atoms with van der Waals surface area (Å²) in [5, 5.41) is 0. The van der Waals surface area contributed by atoms with Gasteiger partial charge in [-0.15, -0.1) is 0 Å². The van der Waals surface area contributed by atoms with E-state index in [1.807, 2.05) is 0 Å². The van der Waals surface area contributed by atoms with Crippen LogP contribution in [0.3, 0.4) is 0 Å². The average Bonchev–Trinajstić information content (AvgIpc) is 2.61. The topological polar surface area (TPSA) is 87.2 Å². The number of benzene rings is 1. The molecule has 0 spiro atoms. The molecule has 19 heavy (non-hydrogen) atoms. The van der Waals surface area contributed by atoms with Gasteiger partial charge in [0.25, 0.3) is 0 Å². The third-order valence-electron chi connectivity index (χ3n) is 2.91. The second-order valence-electron chi connectivity index (χ2n) is 4.64. The summed E-state index contributed by atoms with van der Waals surface area (Å²) in [5.74, 6) is 1.000. The van der Waals surface area contributed by atoms with E-state index in [9.17, 15) is 8.42 Å². The first-order chi connectivity index (χ1) is 8.81. The summed E-state index contributed by atoms with van der Waals surface area (Å²) in [4.78, 5) is 4.23. The fourth-order valence-corrected chi connectivity index (χ4v) is 3.22. The molecule has 1 heterocycles. The molecule has 0 aliphatic carbocycles. The largest absolute Gasteiger partial charge is 0.497 e. The van der Waals surface area contributed by atoms with Crippen molar-refractivity contribution >= 4 is 26.8 Å². The molecule has 0 saturated heterocycles. The summed E-state index contributed by atoms with van der Waals surface area (Å²) in [6, 6.07) is 5.11. The molecule has 1 atom stereocenters. The van der Waals surface area contributed by atoms with E-state index in [0.29, 0.717) is 11.7 Å². The number of nitrogens with two attached hydrogens (primary N) is 1. The lowest BCUT2D eigenvalue weighted by Crippen LogP contribution is -2.18. The van der Waals surface area contributed by atoms with Crippen LogP contribution in [0.1, 0.15) is 13.0 Å². The summed E-state index contributed by atoms with van der Waals surface area (Å²) in [6.07, 6.45) is 1.21. The van der Waals surface area contributed by atoms with Gasteiger partial charge in [-0.3, -0.25) is 0 Å². The molecule has 6 nitrogen and oxygen atoms in total. The smallest absolute Gasteiger partial charge is 0.201 e. The summed E-state index contributed by atoms with van der Waals surface area (Å²) in [5.41, 5.74) is 7.37. The fourth-order valence-electron chi connectivity index (χ4n) is 2.19. The highest BCUT2D eigenvalue weighted by molar-refractivity contribution is 7.90. The first kappa shape index (κ1) is 13.7. The molecule has 0 amide bonds. The number of nitrogen functional groups attached to an aromatic ring is 1. The first-order valence-electron chi connectivity index (χ1n) is 5.81. The second-order valence-corrected chi connectivity index (χ2v) is 6.82. The van der Waals surface area contributed by atoms with Crippen LogP contribution in [-0.4, -0.2) is 37.1 Å². The van der Waals surface area contributed by atoms with E-state index in [1.54, 1.807) is 36.8 Å². The number of ether oxygens (including phenoxy) is 1. The number of aromatic nitrogens is 2. The zero-order valence-electron chi connectivity index (χ0n) is 11.1. The first-order valence-corrected chi connectivity index (χ1v) is 7.87. The Labute approximate surface area is 112 Å². The number of sulfone groups is 1. The highest BCUT2D eigenvalue weighted by atomic mass is 32.2. The van der Waals surface area contributed by atoms with E-state index in [0.717, 1.165) is 11.0 Å². The molecule has 0 aliphatic heterocycles. The maximum atomic E-state index is 11.4. The molecule has 7 heteroatoms. The lowest BCUT2D eigenvalue weighted by molar-refractivity contribution is 0.415. The van der Waals surface area contributed by atoms with Gasteiger partial charge in [0.05, 0.1) is 23.9 Å². The molecule has 2 rings (SSSR count). The van der Waals surface area contributed by atoms with Crippen LogP contribution in [0.5, 0.6) is 5.75 Å². The van der Waals surface area contributed by atoms with Gasteiger partial charge in [-0.2, -0.15) is 0 Å². The van der Waals surface area contributed by atoms with Crippen LogP contribution in [0.25, 0.3) is 11.0 Å². The highest BCUT2D eigenvalue weighted by Gasteiger charge is 2.18. The van der Waals surface area contributed by atoms with Crippen molar-refractivity contribution in [3.05, 3.63) is 18.2 Å². The van der Waals surface area contributed by atoms with E-state index in [4.69, 9.17) is 10.5 Å². The van der Waals surface area contributed by atoms with Crippen molar-refractivity contribution in [2.24, 2.45) is 0 Å². The SMILES string of the molecule is COc1ccc2nc(N)n(C(C)CS(C)(=O)=O)c2c1. The fraction of sp³-hybridized carbons (Fsp3) is 0.417. The average molecular weight is 283 g/mol. The molecule has 104 valence electrons. The minimum atomic E-state index is -3.09. The van der Waals surface area contributed by atoms with E-state index in [-0.39, 0.29) is 11.8 Å². The number of hydrogen-bond donors (Lipinski definition) is 1. The number of fused-ring (bicyclic) bond motifs is 1. The monoisotopic (exact) mass is 283 g/mol. The molecule has 2 N–H and O–H groups in total. The molecule has 0 fully saturated rings. The number of nitrogens with zero attached hydrogens (tertiary/aromatic N) is 2. The van der Waals surface area contributed by atoms with Gasteiger partial charge in [0, 0.05) is 18.4 Å². The van der Waals surface area contributed by atoms with E-state index >= 15 is 0 Å². The zero-order valence-corrected chi connectivity index (χ0v) is 11.9. The van der Waals surface area contributed by atoms with Gasteiger partial charge in [0.15, 0.2) is 0 Å². The molecule has 2 aromatic rings. The quantitative estimate of drug-likeness (QED) is 0.912. The van der Waals surface area contributed by atoms with Crippen LogP contribution in [0, 0.1) is 0 Å². The van der Waals surface area contributed by atoms with Gasteiger partial charge in [-0.05, 0) is 19.1 Å². The van der Waals surface area contributed by atoms with Crippen LogP contribution < -0.4 is 10.5 Å². The van der Waals surface area contributed by atoms with Crippen LogP contribution in [0.4, 0.5) is 5.95 Å². The third-order valence-corrected chi connectivity index (χ3v) is 4.00. The summed E-state index contributed by atoms with van der Waals surface area (Å²) in [6.45, 7) is 1.80. The standard InChI is InChI=1S/C12H17N3O3S/c1-8(7-19(3,16)17)15-11-6-9(18-2)4-5-10(11)14-12(15)13/h4-6,8H,7H2,1-3H3,(H2,13,14). The highest BCUT2D eigenvalue weighted by Crippen LogP contribution is 2.26. The van der Waals surface area contributed by atoms with Gasteiger partial charge in [-0.1, -0.05) is 0 Å². The molecular formula is C12H17N3O3S. The van der Waals surface area contributed by atoms with Crippen LogP contribution in [-0.2, 0) is 9.84 Å². The Morgan fingerprint density at radius 1 is 1.47 bits per heavy atom. The van der Waals surface area contributed by atoms with E-state index < -0.39 is 9.84 Å². The lowest BCUT2D eigenvalue weighted by atomic mass is 10.2. The predicted molar refractivity (Wildman–Crippen MR) is 75.1 cm³/mol. The Hall–Kier alpha value is -1.76. The third kappa shape index (κ3) is 2.81. The Bertz CT molecular complexity index is 706. The number of imidazole rings is 1. The van der Waals surface area contributed by atoms with Crippen molar-refractivity contribution in [1.29, 1.82) is 0 Å². The molecule has 1 unspecified atom stereocenters. The van der Waals surface area contributed by atoms with E-state index in [2.05, 4.69) is 4.98 Å². The van der Waals surface area contributed by atoms with E-state index in [1.165, 1.54) is 6.26 Å². The van der Waals surface area contributed by atoms with Crippen molar-refractivity contribution in [2.45, 2.75) is 13.0 Å². The molecular weight excluding hydrogens is 266 g/mol. The van der Waals surface area contributed by atoms with Crippen molar-refractivity contribution in [1.82, 2.24) is 9.55 Å². The Kier molecular flexibility index (Phi) is 3.40. The second kappa shape index (κ2) is 4.73. The minimum absolute atomic E-state index is 0.0138. The number of methoxy groups -OCH3 is 1. The van der Waals surface area contributed by atoms with Crippen molar-refractivity contribution in [3.8, 4) is 5.75 Å². The van der Waals surface area contributed by atoms with Gasteiger partial charge in [-0.25, -0.2) is 13.4 Å². The van der Waals surface area contributed by atoms with Crippen molar-refractivity contribution in [3.63, 3.8) is 0 Å². The van der Waals surface area contributed by atoms with Gasteiger partial charge < -0.3 is 15.0 Å². The zero-order chi connectivity index (χ0) is 14.2. The number of rotatable bonds is 4. The predicted octanol–water partition coefficient (Wildman–Crippen LogP) is 1.23. The summed E-state index contributed by atoms with van der Waals surface area (Å²) >= 11 is 0. The molecule has 1 aromatic heterocycles. The Balaban J connectivity index is 2.55. The normalized spacial score (nSPS) is 13.6. The van der Waals surface area contributed by atoms with Crippen LogP contribution >= 0.6 is 0 Å². The summed E-state index contributed by atoms with van der Waals surface area (Å²) < 4.78 is 29.7. The van der Waals surface area contributed by atoms with Crippen LogP contribution in [0.15, 0.2) is 18.2 Å². The number of anilines is 1. The van der Waals surface area contributed by atoms with Crippen LogP contribution in [0.2, 0.25) is 0 Å². The molecule has 0 aliphatic rings. The maximum Gasteiger partial charge on any atom is 0.201 e. The summed E-state index contributed by atoms with van der Waals surface area (Å²) in [7, 11) is -1.51. The molecule has 0 bridgehead atoms. The van der Waals surface area contributed by atoms with Crippen molar-refractivity contribution < 1.29 is 13.2 Å². The maximum absolute atomic E-state index is 11.4. The number of hydrogen-bond acceptors (Lipinski definition) is 5. The molecule has 1 aromatic carbocycles. The van der Waals surface area contributed by atoms with Crippen molar-refractivity contribution in [2.75, 3.05) is 24.9 Å². The van der Waals surface area contributed by atoms with Gasteiger partial charge >= 0.3 is 0 Å². The molecule has 0 radical (unpaired) electrons. The Morgan fingerprint density at radius 2 is 2.16 bits per heavy atom. The van der Waals surface area contributed by atoms with Gasteiger partial charge in [0.1, 0.15) is 15.6 Å². The minimum Gasteiger partial charge on any atom is -0.497 e. The van der Waals surface area contributed by atoms with Gasteiger partial charge in [0.2, 0.25) is 5.95 Å².